The number of halogens is 1. The maximum atomic E-state index is 6.51. The Balaban J connectivity index is 1.44. The fourth-order valence-corrected chi connectivity index (χ4v) is 4.70. The second kappa shape index (κ2) is 6.24. The summed E-state index contributed by atoms with van der Waals surface area (Å²) in [6.45, 7) is 4.21. The predicted octanol–water partition coefficient (Wildman–Crippen LogP) is 5.60. The van der Waals surface area contributed by atoms with Gasteiger partial charge in [-0.2, -0.15) is 0 Å². The highest BCUT2D eigenvalue weighted by atomic mass is 35.5. The monoisotopic (exact) mass is 384 g/mol. The first-order valence-electron chi connectivity index (χ1n) is 9.24. The second-order valence-electron chi connectivity index (χ2n) is 7.52. The normalized spacial score (nSPS) is 17.2. The average Bonchev–Trinajstić information content (AvgIpc) is 3.56. The number of fused-ring (bicyclic) bond motifs is 1. The summed E-state index contributed by atoms with van der Waals surface area (Å²) in [5.41, 5.74) is 4.51. The van der Waals surface area contributed by atoms with Crippen molar-refractivity contribution in [3.8, 4) is 0 Å². The summed E-state index contributed by atoms with van der Waals surface area (Å²) in [5, 5.41) is 11.8. The van der Waals surface area contributed by atoms with Crippen molar-refractivity contribution in [1.29, 1.82) is 0 Å². The molecule has 1 aromatic carbocycles. The topological polar surface area (TPSA) is 43.6 Å². The Bertz CT molecular complexity index is 1000. The second-order valence-corrected chi connectivity index (χ2v) is 8.82. The molecule has 2 fully saturated rings. The van der Waals surface area contributed by atoms with Gasteiger partial charge in [0.2, 0.25) is 0 Å². The average molecular weight is 385 g/mol. The van der Waals surface area contributed by atoms with Crippen LogP contribution in [0.3, 0.4) is 0 Å². The molecule has 2 aliphatic rings. The summed E-state index contributed by atoms with van der Waals surface area (Å²) < 4.78 is 2.39. The van der Waals surface area contributed by atoms with Gasteiger partial charge in [-0.05, 0) is 56.7 Å². The van der Waals surface area contributed by atoms with Gasteiger partial charge in [0.05, 0.1) is 5.52 Å². The van der Waals surface area contributed by atoms with Gasteiger partial charge in [0.1, 0.15) is 11.0 Å². The zero-order valence-electron chi connectivity index (χ0n) is 15.0. The van der Waals surface area contributed by atoms with Gasteiger partial charge >= 0.3 is 0 Å². The van der Waals surface area contributed by atoms with E-state index in [4.69, 9.17) is 11.6 Å². The summed E-state index contributed by atoms with van der Waals surface area (Å²) in [4.78, 5) is 4.67. The molecule has 0 saturated heterocycles. The van der Waals surface area contributed by atoms with E-state index in [-0.39, 0.29) is 0 Å². The van der Waals surface area contributed by atoms with Crippen LogP contribution in [0, 0.1) is 13.8 Å². The van der Waals surface area contributed by atoms with Crippen molar-refractivity contribution in [2.24, 2.45) is 0 Å². The lowest BCUT2D eigenvalue weighted by Gasteiger charge is -2.10. The number of benzene rings is 1. The molecular weight excluding hydrogens is 364 g/mol. The third kappa shape index (κ3) is 2.91. The lowest BCUT2D eigenvalue weighted by molar-refractivity contribution is 0.627. The summed E-state index contributed by atoms with van der Waals surface area (Å²) in [6, 6.07) is 7.06. The van der Waals surface area contributed by atoms with Crippen LogP contribution in [0.1, 0.15) is 60.2 Å². The van der Waals surface area contributed by atoms with Crippen LogP contribution in [-0.4, -0.2) is 19.7 Å². The fraction of sp³-hybridized carbons (Fsp3) is 0.450. The third-order valence-corrected chi connectivity index (χ3v) is 6.76. The molecule has 0 bridgehead atoms. The molecule has 134 valence electrons. The maximum Gasteiger partial charge on any atom is 0.191 e. The largest absolute Gasteiger partial charge is 0.303 e. The Labute approximate surface area is 162 Å². The van der Waals surface area contributed by atoms with E-state index in [2.05, 4.69) is 51.8 Å². The standard InChI is InChI=1S/C20H21ClN4S/c1-11-3-4-14-9-15(18(21)22-17(14)12(11)2)10-26-20-24-23-19(13-5-6-13)25(20)16-7-8-16/h3-4,9,13,16H,5-8,10H2,1-2H3. The molecule has 2 saturated carbocycles. The van der Waals surface area contributed by atoms with Crippen LogP contribution in [0.5, 0.6) is 0 Å². The van der Waals surface area contributed by atoms with Gasteiger partial charge in [0.15, 0.2) is 5.16 Å². The van der Waals surface area contributed by atoms with Gasteiger partial charge in [-0.1, -0.05) is 35.5 Å². The molecule has 0 amide bonds. The minimum atomic E-state index is 0.596. The molecule has 0 N–H and O–H groups in total. The van der Waals surface area contributed by atoms with Crippen LogP contribution in [0.4, 0.5) is 0 Å². The van der Waals surface area contributed by atoms with Gasteiger partial charge in [-0.15, -0.1) is 10.2 Å². The molecule has 2 heterocycles. The highest BCUT2D eigenvalue weighted by molar-refractivity contribution is 7.98. The van der Waals surface area contributed by atoms with E-state index in [1.807, 2.05) is 0 Å². The molecule has 4 nitrogen and oxygen atoms in total. The van der Waals surface area contributed by atoms with Gasteiger partial charge in [0.25, 0.3) is 0 Å². The molecule has 0 unspecified atom stereocenters. The molecule has 2 aromatic heterocycles. The number of thioether (sulfide) groups is 1. The van der Waals surface area contributed by atoms with Gasteiger partial charge in [-0.3, -0.25) is 0 Å². The van der Waals surface area contributed by atoms with E-state index >= 15 is 0 Å². The van der Waals surface area contributed by atoms with E-state index in [0.717, 1.165) is 27.4 Å². The number of nitrogens with zero attached hydrogens (tertiary/aromatic N) is 4. The number of hydrogen-bond acceptors (Lipinski definition) is 4. The van der Waals surface area contributed by atoms with Gasteiger partial charge in [-0.25, -0.2) is 4.98 Å². The van der Waals surface area contributed by atoms with Gasteiger partial charge < -0.3 is 4.57 Å². The molecule has 2 aliphatic carbocycles. The van der Waals surface area contributed by atoms with E-state index in [0.29, 0.717) is 17.1 Å². The number of aryl methyl sites for hydroxylation is 2. The van der Waals surface area contributed by atoms with Crippen LogP contribution >= 0.6 is 23.4 Å². The van der Waals surface area contributed by atoms with Crippen molar-refractivity contribution < 1.29 is 0 Å². The van der Waals surface area contributed by atoms with Crippen LogP contribution in [0.25, 0.3) is 10.9 Å². The zero-order chi connectivity index (χ0) is 17.8. The summed E-state index contributed by atoms with van der Waals surface area (Å²) in [5.74, 6) is 2.60. The van der Waals surface area contributed by atoms with E-state index in [9.17, 15) is 0 Å². The first-order valence-corrected chi connectivity index (χ1v) is 10.6. The number of hydrogen-bond donors (Lipinski definition) is 0. The van der Waals surface area contributed by atoms with Crippen LogP contribution in [0.15, 0.2) is 23.4 Å². The highest BCUT2D eigenvalue weighted by Crippen LogP contribution is 2.46. The molecule has 5 rings (SSSR count). The molecule has 0 atom stereocenters. The Morgan fingerprint density at radius 2 is 1.96 bits per heavy atom. The first kappa shape index (κ1) is 16.6. The van der Waals surface area contributed by atoms with Crippen molar-refractivity contribution in [3.63, 3.8) is 0 Å². The van der Waals surface area contributed by atoms with Crippen molar-refractivity contribution in [1.82, 2.24) is 19.7 Å². The quantitative estimate of drug-likeness (QED) is 0.424. The van der Waals surface area contributed by atoms with Crippen LogP contribution in [-0.2, 0) is 5.75 Å². The number of rotatable bonds is 5. The molecule has 0 aliphatic heterocycles. The van der Waals surface area contributed by atoms with Crippen molar-refractivity contribution in [2.45, 2.75) is 62.4 Å². The van der Waals surface area contributed by atoms with Crippen LogP contribution in [0.2, 0.25) is 5.15 Å². The molecule has 26 heavy (non-hydrogen) atoms. The molecule has 6 heteroatoms. The Morgan fingerprint density at radius 1 is 1.15 bits per heavy atom. The lowest BCUT2D eigenvalue weighted by atomic mass is 10.0. The smallest absolute Gasteiger partial charge is 0.191 e. The lowest BCUT2D eigenvalue weighted by Crippen LogP contribution is -2.02. The zero-order valence-corrected chi connectivity index (χ0v) is 16.6. The van der Waals surface area contributed by atoms with Crippen molar-refractivity contribution in [2.75, 3.05) is 0 Å². The fourth-order valence-electron chi connectivity index (χ4n) is 3.43. The minimum Gasteiger partial charge on any atom is -0.303 e. The minimum absolute atomic E-state index is 0.596. The number of pyridine rings is 1. The summed E-state index contributed by atoms with van der Waals surface area (Å²) in [7, 11) is 0. The van der Waals surface area contributed by atoms with Crippen molar-refractivity contribution in [3.05, 3.63) is 45.9 Å². The summed E-state index contributed by atoms with van der Waals surface area (Å²) in [6.07, 6.45) is 5.02. The SMILES string of the molecule is Cc1ccc2cc(CSc3nnc(C4CC4)n3C3CC3)c(Cl)nc2c1C. The predicted molar refractivity (Wildman–Crippen MR) is 106 cm³/mol. The Morgan fingerprint density at radius 3 is 2.69 bits per heavy atom. The van der Waals surface area contributed by atoms with Crippen molar-refractivity contribution >= 4 is 34.3 Å². The molecule has 0 spiro atoms. The van der Waals surface area contributed by atoms with E-state index in [1.54, 1.807) is 11.8 Å². The van der Waals surface area contributed by atoms with E-state index < -0.39 is 0 Å². The highest BCUT2D eigenvalue weighted by Gasteiger charge is 2.36. The Kier molecular flexibility index (Phi) is 3.98. The molecular formula is C20H21ClN4S. The first-order chi connectivity index (χ1) is 12.6. The number of aromatic nitrogens is 4. The van der Waals surface area contributed by atoms with Crippen LogP contribution < -0.4 is 0 Å². The molecule has 0 radical (unpaired) electrons. The Hall–Kier alpha value is -1.59. The van der Waals surface area contributed by atoms with E-state index in [1.165, 1.54) is 42.6 Å². The third-order valence-electron chi connectivity index (χ3n) is 5.44. The molecule has 3 aromatic rings. The van der Waals surface area contributed by atoms with Gasteiger partial charge in [0, 0.05) is 28.7 Å². The maximum absolute atomic E-state index is 6.51. The summed E-state index contributed by atoms with van der Waals surface area (Å²) >= 11 is 8.24.